The van der Waals surface area contributed by atoms with Gasteiger partial charge in [-0.1, -0.05) is 6.92 Å². The lowest BCUT2D eigenvalue weighted by atomic mass is 10.3. The van der Waals surface area contributed by atoms with E-state index in [0.717, 1.165) is 12.2 Å². The van der Waals surface area contributed by atoms with Crippen LogP contribution in [0.15, 0.2) is 6.07 Å². The number of aromatic nitrogens is 2. The second-order valence-electron chi connectivity index (χ2n) is 3.64. The summed E-state index contributed by atoms with van der Waals surface area (Å²) in [5, 5.41) is 16.0. The van der Waals surface area contributed by atoms with Crippen molar-refractivity contribution < 1.29 is 9.90 Å². The van der Waals surface area contributed by atoms with E-state index in [4.69, 9.17) is 5.11 Å². The van der Waals surface area contributed by atoms with Gasteiger partial charge in [0.2, 0.25) is 0 Å². The minimum Gasteiger partial charge on any atom is -0.476 e. The van der Waals surface area contributed by atoms with E-state index >= 15 is 0 Å². The van der Waals surface area contributed by atoms with Gasteiger partial charge in [-0.15, -0.1) is 0 Å². The Bertz CT molecular complexity index is 344. The molecule has 1 aromatic rings. The summed E-state index contributed by atoms with van der Waals surface area (Å²) in [6.07, 6.45) is 0. The molecule has 5 heteroatoms. The van der Waals surface area contributed by atoms with Crippen molar-refractivity contribution in [2.24, 2.45) is 0 Å². The summed E-state index contributed by atoms with van der Waals surface area (Å²) in [5.41, 5.74) is 1.01. The van der Waals surface area contributed by atoms with Crippen molar-refractivity contribution in [1.82, 2.24) is 15.1 Å². The maximum Gasteiger partial charge on any atom is 0.356 e. The van der Waals surface area contributed by atoms with Gasteiger partial charge in [-0.3, -0.25) is 4.68 Å². The number of carboxylic acids is 1. The van der Waals surface area contributed by atoms with Crippen molar-refractivity contribution in [2.45, 2.75) is 33.4 Å². The maximum absolute atomic E-state index is 10.8. The zero-order chi connectivity index (χ0) is 11.4. The fourth-order valence-corrected chi connectivity index (χ4v) is 1.37. The molecule has 0 aliphatic heterocycles. The first-order valence-electron chi connectivity index (χ1n) is 5.08. The SMILES string of the molecule is CCNCc1cc(C(=O)O)nn1C(C)C. The van der Waals surface area contributed by atoms with Crippen LogP contribution in [0.25, 0.3) is 0 Å². The fourth-order valence-electron chi connectivity index (χ4n) is 1.37. The molecule has 2 N–H and O–H groups in total. The highest BCUT2D eigenvalue weighted by molar-refractivity contribution is 5.85. The zero-order valence-electron chi connectivity index (χ0n) is 9.32. The van der Waals surface area contributed by atoms with Crippen LogP contribution < -0.4 is 5.32 Å². The third-order valence-electron chi connectivity index (χ3n) is 2.08. The van der Waals surface area contributed by atoms with Gasteiger partial charge in [0.25, 0.3) is 0 Å². The van der Waals surface area contributed by atoms with Crippen LogP contribution in [-0.4, -0.2) is 27.4 Å². The van der Waals surface area contributed by atoms with E-state index in [0.29, 0.717) is 6.54 Å². The van der Waals surface area contributed by atoms with Gasteiger partial charge in [0.05, 0.1) is 5.69 Å². The van der Waals surface area contributed by atoms with Gasteiger partial charge in [-0.05, 0) is 26.5 Å². The van der Waals surface area contributed by atoms with Gasteiger partial charge in [0.15, 0.2) is 5.69 Å². The van der Waals surface area contributed by atoms with Crippen LogP contribution in [0, 0.1) is 0 Å². The number of carboxylic acid groups (broad SMARTS) is 1. The zero-order valence-corrected chi connectivity index (χ0v) is 9.32. The standard InChI is InChI=1S/C10H17N3O2/c1-4-11-6-8-5-9(10(14)15)12-13(8)7(2)3/h5,7,11H,4,6H2,1-3H3,(H,14,15). The molecule has 0 saturated carbocycles. The molecule has 0 aliphatic carbocycles. The molecule has 0 unspecified atom stereocenters. The highest BCUT2D eigenvalue weighted by Gasteiger charge is 2.14. The van der Waals surface area contributed by atoms with Gasteiger partial charge in [-0.25, -0.2) is 4.79 Å². The average molecular weight is 211 g/mol. The van der Waals surface area contributed by atoms with Crippen molar-refractivity contribution in [3.63, 3.8) is 0 Å². The summed E-state index contributed by atoms with van der Waals surface area (Å²) >= 11 is 0. The van der Waals surface area contributed by atoms with E-state index in [-0.39, 0.29) is 11.7 Å². The molecular weight excluding hydrogens is 194 g/mol. The Morgan fingerprint density at radius 1 is 1.67 bits per heavy atom. The predicted octanol–water partition coefficient (Wildman–Crippen LogP) is 1.27. The first-order chi connectivity index (χ1) is 7.06. The maximum atomic E-state index is 10.8. The molecular formula is C10H17N3O2. The lowest BCUT2D eigenvalue weighted by Gasteiger charge is -2.10. The summed E-state index contributed by atoms with van der Waals surface area (Å²) < 4.78 is 1.74. The molecule has 1 rings (SSSR count). The Morgan fingerprint density at radius 3 is 2.80 bits per heavy atom. The number of nitrogens with one attached hydrogen (secondary N) is 1. The molecule has 0 fully saturated rings. The molecule has 0 saturated heterocycles. The van der Waals surface area contributed by atoms with E-state index in [1.165, 1.54) is 0 Å². The van der Waals surface area contributed by atoms with Crippen LogP contribution in [0.5, 0.6) is 0 Å². The van der Waals surface area contributed by atoms with Crippen LogP contribution in [0.1, 0.15) is 43.0 Å². The molecule has 0 atom stereocenters. The Labute approximate surface area is 89.1 Å². The number of hydrogen-bond acceptors (Lipinski definition) is 3. The normalized spacial score (nSPS) is 10.9. The second-order valence-corrected chi connectivity index (χ2v) is 3.64. The Balaban J connectivity index is 2.95. The van der Waals surface area contributed by atoms with Crippen LogP contribution in [-0.2, 0) is 6.54 Å². The van der Waals surface area contributed by atoms with Crippen LogP contribution >= 0.6 is 0 Å². The topological polar surface area (TPSA) is 67.2 Å². The van der Waals surface area contributed by atoms with E-state index in [1.807, 2.05) is 20.8 Å². The molecule has 5 nitrogen and oxygen atoms in total. The second kappa shape index (κ2) is 4.93. The molecule has 0 radical (unpaired) electrons. The Kier molecular flexibility index (Phi) is 3.85. The largest absolute Gasteiger partial charge is 0.476 e. The summed E-state index contributed by atoms with van der Waals surface area (Å²) in [6.45, 7) is 7.47. The lowest BCUT2D eigenvalue weighted by Crippen LogP contribution is -2.17. The summed E-state index contributed by atoms with van der Waals surface area (Å²) in [4.78, 5) is 10.8. The average Bonchev–Trinajstić information content (AvgIpc) is 2.58. The number of nitrogens with zero attached hydrogens (tertiary/aromatic N) is 2. The van der Waals surface area contributed by atoms with Crippen LogP contribution in [0.4, 0.5) is 0 Å². The number of aromatic carboxylic acids is 1. The number of carbonyl (C=O) groups is 1. The molecule has 1 aromatic heterocycles. The molecule has 0 spiro atoms. The molecule has 0 aliphatic rings. The predicted molar refractivity (Wildman–Crippen MR) is 57.0 cm³/mol. The van der Waals surface area contributed by atoms with E-state index in [9.17, 15) is 4.79 Å². The molecule has 0 amide bonds. The quantitative estimate of drug-likeness (QED) is 0.769. The number of rotatable bonds is 5. The summed E-state index contributed by atoms with van der Waals surface area (Å²) in [5.74, 6) is -0.979. The third-order valence-corrected chi connectivity index (χ3v) is 2.08. The Morgan fingerprint density at radius 2 is 2.33 bits per heavy atom. The Hall–Kier alpha value is -1.36. The van der Waals surface area contributed by atoms with Gasteiger partial charge in [0.1, 0.15) is 0 Å². The van der Waals surface area contributed by atoms with Crippen LogP contribution in [0.2, 0.25) is 0 Å². The van der Waals surface area contributed by atoms with Crippen molar-refractivity contribution >= 4 is 5.97 Å². The number of hydrogen-bond donors (Lipinski definition) is 2. The van der Waals surface area contributed by atoms with Crippen LogP contribution in [0.3, 0.4) is 0 Å². The van der Waals surface area contributed by atoms with Gasteiger partial charge >= 0.3 is 5.97 Å². The molecule has 15 heavy (non-hydrogen) atoms. The van der Waals surface area contributed by atoms with E-state index in [2.05, 4.69) is 10.4 Å². The molecule has 84 valence electrons. The first kappa shape index (κ1) is 11.7. The van der Waals surface area contributed by atoms with Crippen molar-refractivity contribution in [1.29, 1.82) is 0 Å². The summed E-state index contributed by atoms with van der Waals surface area (Å²) in [7, 11) is 0. The highest BCUT2D eigenvalue weighted by Crippen LogP contribution is 2.11. The fraction of sp³-hybridized carbons (Fsp3) is 0.600. The first-order valence-corrected chi connectivity index (χ1v) is 5.08. The third kappa shape index (κ3) is 2.79. The van der Waals surface area contributed by atoms with Crippen molar-refractivity contribution in [2.75, 3.05) is 6.54 Å². The molecule has 1 heterocycles. The monoisotopic (exact) mass is 211 g/mol. The summed E-state index contributed by atoms with van der Waals surface area (Å²) in [6, 6.07) is 1.79. The van der Waals surface area contributed by atoms with Gasteiger partial charge in [-0.2, -0.15) is 5.10 Å². The minimum absolute atomic E-state index is 0.108. The van der Waals surface area contributed by atoms with E-state index in [1.54, 1.807) is 10.7 Å². The smallest absolute Gasteiger partial charge is 0.356 e. The highest BCUT2D eigenvalue weighted by atomic mass is 16.4. The minimum atomic E-state index is -0.979. The van der Waals surface area contributed by atoms with Crippen molar-refractivity contribution in [3.8, 4) is 0 Å². The van der Waals surface area contributed by atoms with Gasteiger partial charge in [0, 0.05) is 12.6 Å². The van der Waals surface area contributed by atoms with Crippen molar-refractivity contribution in [3.05, 3.63) is 17.5 Å². The van der Waals surface area contributed by atoms with Gasteiger partial charge < -0.3 is 10.4 Å². The lowest BCUT2D eigenvalue weighted by molar-refractivity contribution is 0.0689. The molecule has 0 bridgehead atoms. The molecule has 0 aromatic carbocycles. The van der Waals surface area contributed by atoms with E-state index < -0.39 is 5.97 Å².